The first-order valence-electron chi connectivity index (χ1n) is 9.57. The maximum Gasteiger partial charge on any atom is 0.242 e. The maximum absolute atomic E-state index is 12.6. The number of halogens is 1. The van der Waals surface area contributed by atoms with Crippen molar-refractivity contribution in [3.63, 3.8) is 0 Å². The first kappa shape index (κ1) is 27.0. The predicted molar refractivity (Wildman–Crippen MR) is 134 cm³/mol. The second kappa shape index (κ2) is 12.7. The summed E-state index contributed by atoms with van der Waals surface area (Å²) in [7, 11) is 2.72. The van der Waals surface area contributed by atoms with Crippen molar-refractivity contribution in [2.75, 3.05) is 34.9 Å². The monoisotopic (exact) mass is 562 g/mol. The quantitative estimate of drug-likeness (QED) is 0.278. The zero-order valence-corrected chi connectivity index (χ0v) is 21.7. The van der Waals surface area contributed by atoms with Crippen molar-refractivity contribution >= 4 is 40.0 Å². The third-order valence-corrected chi connectivity index (χ3v) is 6.34. The van der Waals surface area contributed by atoms with Gasteiger partial charge in [-0.1, -0.05) is 18.2 Å². The number of aliphatic imine (C=N–C) groups is 1. The van der Waals surface area contributed by atoms with Gasteiger partial charge in [0, 0.05) is 38.8 Å². The lowest BCUT2D eigenvalue weighted by molar-refractivity contribution is 0.391. The zero-order chi connectivity index (χ0) is 22.1. The molecule has 0 heterocycles. The van der Waals surface area contributed by atoms with Crippen molar-refractivity contribution in [3.8, 4) is 11.5 Å². The number of nitrogens with zero attached hydrogens (tertiary/aromatic N) is 2. The van der Waals surface area contributed by atoms with Gasteiger partial charge in [-0.15, -0.1) is 24.0 Å². The first-order valence-corrected chi connectivity index (χ1v) is 11.0. The molecule has 2 N–H and O–H groups in total. The number of hydrogen-bond acceptors (Lipinski definition) is 5. The Labute approximate surface area is 202 Å². The van der Waals surface area contributed by atoms with E-state index in [1.165, 1.54) is 18.4 Å². The fourth-order valence-electron chi connectivity index (χ4n) is 2.77. The summed E-state index contributed by atoms with van der Waals surface area (Å²) in [5.74, 6) is 1.98. The van der Waals surface area contributed by atoms with Crippen LogP contribution < -0.4 is 20.1 Å². The molecule has 0 radical (unpaired) electrons. The van der Waals surface area contributed by atoms with Crippen molar-refractivity contribution in [1.82, 2.24) is 14.9 Å². The SMILES string of the molecule is CCNC(=NCc1ccc(OC)cc1OC)NCc1ccccc1S(=O)(=O)N(C)C.I. The summed E-state index contributed by atoms with van der Waals surface area (Å²) in [4.78, 5) is 4.88. The first-order chi connectivity index (χ1) is 14.3. The van der Waals surface area contributed by atoms with Crippen LogP contribution >= 0.6 is 24.0 Å². The molecular weight excluding hydrogens is 531 g/mol. The lowest BCUT2D eigenvalue weighted by atomic mass is 10.2. The predicted octanol–water partition coefficient (Wildman–Crippen LogP) is 2.83. The van der Waals surface area contributed by atoms with Gasteiger partial charge in [0.15, 0.2) is 5.96 Å². The Morgan fingerprint density at radius 1 is 1.03 bits per heavy atom. The van der Waals surface area contributed by atoms with E-state index in [2.05, 4.69) is 15.6 Å². The highest BCUT2D eigenvalue weighted by Gasteiger charge is 2.20. The number of rotatable bonds is 9. The summed E-state index contributed by atoms with van der Waals surface area (Å²) in [6, 6.07) is 12.5. The van der Waals surface area contributed by atoms with Crippen LogP contribution in [-0.4, -0.2) is 53.5 Å². The van der Waals surface area contributed by atoms with Gasteiger partial charge in [-0.3, -0.25) is 0 Å². The number of methoxy groups -OCH3 is 2. The van der Waals surface area contributed by atoms with Crippen LogP contribution in [0.2, 0.25) is 0 Å². The summed E-state index contributed by atoms with van der Waals surface area (Å²) in [6.45, 7) is 3.34. The minimum Gasteiger partial charge on any atom is -0.497 e. The molecule has 0 amide bonds. The van der Waals surface area contributed by atoms with E-state index in [-0.39, 0.29) is 28.9 Å². The molecule has 172 valence electrons. The second-order valence-corrected chi connectivity index (χ2v) is 8.74. The molecule has 0 saturated heterocycles. The van der Waals surface area contributed by atoms with Crippen molar-refractivity contribution < 1.29 is 17.9 Å². The van der Waals surface area contributed by atoms with E-state index in [0.717, 1.165) is 5.56 Å². The van der Waals surface area contributed by atoms with Crippen molar-refractivity contribution in [3.05, 3.63) is 53.6 Å². The molecule has 0 spiro atoms. The maximum atomic E-state index is 12.6. The summed E-state index contributed by atoms with van der Waals surface area (Å²) in [5.41, 5.74) is 1.57. The van der Waals surface area contributed by atoms with Crippen LogP contribution in [0, 0.1) is 0 Å². The molecule has 0 bridgehead atoms. The normalized spacial score (nSPS) is 11.6. The number of benzene rings is 2. The third kappa shape index (κ3) is 7.25. The average molecular weight is 562 g/mol. The lowest BCUT2D eigenvalue weighted by Crippen LogP contribution is -2.37. The Morgan fingerprint density at radius 2 is 1.74 bits per heavy atom. The second-order valence-electron chi connectivity index (χ2n) is 6.62. The van der Waals surface area contributed by atoms with Gasteiger partial charge in [0.1, 0.15) is 11.5 Å². The van der Waals surface area contributed by atoms with E-state index in [0.29, 0.717) is 42.7 Å². The molecule has 2 aromatic rings. The molecule has 0 aliphatic heterocycles. The van der Waals surface area contributed by atoms with Crippen LogP contribution in [0.4, 0.5) is 0 Å². The average Bonchev–Trinajstić information content (AvgIpc) is 2.75. The van der Waals surface area contributed by atoms with E-state index in [1.54, 1.807) is 32.4 Å². The fourth-order valence-corrected chi connectivity index (χ4v) is 3.88. The topological polar surface area (TPSA) is 92.3 Å². The van der Waals surface area contributed by atoms with Gasteiger partial charge in [-0.05, 0) is 30.7 Å². The van der Waals surface area contributed by atoms with Gasteiger partial charge < -0.3 is 20.1 Å². The minimum absolute atomic E-state index is 0. The summed E-state index contributed by atoms with van der Waals surface area (Å²) < 4.78 is 37.0. The van der Waals surface area contributed by atoms with Gasteiger partial charge in [0.2, 0.25) is 10.0 Å². The highest BCUT2D eigenvalue weighted by Crippen LogP contribution is 2.25. The van der Waals surface area contributed by atoms with Crippen molar-refractivity contribution in [2.24, 2.45) is 4.99 Å². The zero-order valence-electron chi connectivity index (χ0n) is 18.5. The van der Waals surface area contributed by atoms with E-state index < -0.39 is 10.0 Å². The van der Waals surface area contributed by atoms with Gasteiger partial charge in [0.25, 0.3) is 0 Å². The van der Waals surface area contributed by atoms with Gasteiger partial charge in [-0.25, -0.2) is 17.7 Å². The Kier molecular flexibility index (Phi) is 11.1. The van der Waals surface area contributed by atoms with Crippen molar-refractivity contribution in [2.45, 2.75) is 24.9 Å². The Hall–Kier alpha value is -2.05. The van der Waals surface area contributed by atoms with Crippen molar-refractivity contribution in [1.29, 1.82) is 0 Å². The number of nitrogens with one attached hydrogen (secondary N) is 2. The Balaban J connectivity index is 0.00000480. The largest absolute Gasteiger partial charge is 0.497 e. The molecule has 0 saturated carbocycles. The van der Waals surface area contributed by atoms with E-state index in [4.69, 9.17) is 9.47 Å². The van der Waals surface area contributed by atoms with Gasteiger partial charge in [-0.2, -0.15) is 0 Å². The molecule has 10 heteroatoms. The molecule has 8 nitrogen and oxygen atoms in total. The van der Waals surface area contributed by atoms with E-state index in [9.17, 15) is 8.42 Å². The highest BCUT2D eigenvalue weighted by molar-refractivity contribution is 14.0. The van der Waals surface area contributed by atoms with Gasteiger partial charge in [0.05, 0.1) is 25.7 Å². The molecule has 0 aromatic heterocycles. The molecule has 0 fully saturated rings. The minimum atomic E-state index is -3.53. The molecule has 2 aromatic carbocycles. The summed E-state index contributed by atoms with van der Waals surface area (Å²) >= 11 is 0. The highest BCUT2D eigenvalue weighted by atomic mass is 127. The number of sulfonamides is 1. The molecular formula is C21H31IN4O4S. The fraction of sp³-hybridized carbons (Fsp3) is 0.381. The van der Waals surface area contributed by atoms with Crippen LogP contribution in [0.3, 0.4) is 0 Å². The van der Waals surface area contributed by atoms with Crippen LogP contribution in [0.15, 0.2) is 52.4 Å². The smallest absolute Gasteiger partial charge is 0.242 e. The Morgan fingerprint density at radius 3 is 2.35 bits per heavy atom. The Bertz CT molecular complexity index is 981. The van der Waals surface area contributed by atoms with Gasteiger partial charge >= 0.3 is 0 Å². The number of guanidine groups is 1. The van der Waals surface area contributed by atoms with E-state index in [1.807, 2.05) is 31.2 Å². The molecule has 0 atom stereocenters. The van der Waals surface area contributed by atoms with Crippen LogP contribution in [-0.2, 0) is 23.1 Å². The summed E-state index contributed by atoms with van der Waals surface area (Å²) in [6.07, 6.45) is 0. The van der Waals surface area contributed by atoms with Crippen LogP contribution in [0.5, 0.6) is 11.5 Å². The molecule has 31 heavy (non-hydrogen) atoms. The molecule has 0 aliphatic rings. The number of hydrogen-bond donors (Lipinski definition) is 2. The third-order valence-electron chi connectivity index (χ3n) is 4.42. The molecule has 2 rings (SSSR count). The molecule has 0 unspecified atom stereocenters. The van der Waals surface area contributed by atoms with E-state index >= 15 is 0 Å². The number of ether oxygens (including phenoxy) is 2. The molecule has 0 aliphatic carbocycles. The van der Waals surface area contributed by atoms with Crippen LogP contribution in [0.1, 0.15) is 18.1 Å². The summed E-state index contributed by atoms with van der Waals surface area (Å²) in [5, 5.41) is 6.39. The standard InChI is InChI=1S/C21H30N4O4S.HI/c1-6-22-21(23-14-16-11-12-18(28-4)13-19(16)29-5)24-15-17-9-7-8-10-20(17)30(26,27)25(2)3;/h7-13H,6,14-15H2,1-5H3,(H2,22,23,24);1H. The van der Waals surface area contributed by atoms with Crippen LogP contribution in [0.25, 0.3) is 0 Å². The lowest BCUT2D eigenvalue weighted by Gasteiger charge is -2.17.